The summed E-state index contributed by atoms with van der Waals surface area (Å²) in [6.45, 7) is 14.4. The van der Waals surface area contributed by atoms with Gasteiger partial charge in [0.15, 0.2) is 0 Å². The minimum atomic E-state index is 0.954. The van der Waals surface area contributed by atoms with Crippen molar-refractivity contribution in [1.29, 1.82) is 0 Å². The molecule has 0 N–H and O–H groups in total. The summed E-state index contributed by atoms with van der Waals surface area (Å²) in [4.78, 5) is 0. The lowest BCUT2D eigenvalue weighted by Crippen LogP contribution is -2.24. The maximum absolute atomic E-state index is 2.43. The van der Waals surface area contributed by atoms with Gasteiger partial charge in [-0.1, -0.05) is 163 Å². The van der Waals surface area contributed by atoms with Crippen molar-refractivity contribution in [2.75, 3.05) is 0 Å². The molecule has 7 aromatic rings. The Morgan fingerprint density at radius 1 is 0.241 bits per heavy atom. The largest absolute Gasteiger partial charge is 0.0622 e. The molecule has 0 saturated heterocycles. The molecule has 0 bridgehead atoms. The van der Waals surface area contributed by atoms with Gasteiger partial charge in [-0.2, -0.15) is 0 Å². The van der Waals surface area contributed by atoms with E-state index in [4.69, 9.17) is 0 Å². The summed E-state index contributed by atoms with van der Waals surface area (Å²) in [6, 6.07) is 45.1. The smallest absolute Gasteiger partial charge is 0.00105 e. The molecule has 0 aromatic heterocycles. The predicted octanol–water partition coefficient (Wildman–Crippen LogP) is 14.7. The molecule has 0 amide bonds. The predicted molar refractivity (Wildman–Crippen MR) is 249 cm³/mol. The summed E-state index contributed by atoms with van der Waals surface area (Å²) in [6.07, 6.45) is 10.7. The average Bonchev–Trinajstić information content (AvgIpc) is 3.29. The molecular formula is C58H58. The van der Waals surface area contributed by atoms with Gasteiger partial charge < -0.3 is 0 Å². The van der Waals surface area contributed by atoms with Crippen molar-refractivity contribution in [3.05, 3.63) is 199 Å². The number of hydrogen-bond acceptors (Lipinski definition) is 0. The first-order valence-electron chi connectivity index (χ1n) is 22.3. The van der Waals surface area contributed by atoms with Crippen LogP contribution in [0.5, 0.6) is 0 Å². The maximum atomic E-state index is 2.43. The lowest BCUT2D eigenvalue weighted by molar-refractivity contribution is 0.828. The van der Waals surface area contributed by atoms with Crippen LogP contribution in [0.4, 0.5) is 0 Å². The van der Waals surface area contributed by atoms with Crippen molar-refractivity contribution in [3.8, 4) is 44.5 Å². The minimum absolute atomic E-state index is 0.954. The molecule has 0 heterocycles. The van der Waals surface area contributed by atoms with Gasteiger partial charge in [0.25, 0.3) is 0 Å². The molecule has 0 spiro atoms. The van der Waals surface area contributed by atoms with Gasteiger partial charge in [-0.25, -0.2) is 0 Å². The van der Waals surface area contributed by atoms with Gasteiger partial charge in [0.1, 0.15) is 0 Å². The van der Waals surface area contributed by atoms with Crippen LogP contribution in [0.15, 0.2) is 121 Å². The van der Waals surface area contributed by atoms with Gasteiger partial charge in [0.05, 0.1) is 0 Å². The quantitative estimate of drug-likeness (QED) is 0.130. The number of hydrogen-bond donors (Lipinski definition) is 0. The Morgan fingerprint density at radius 3 is 0.724 bits per heavy atom. The van der Waals surface area contributed by atoms with Crippen LogP contribution in [0.3, 0.4) is 0 Å². The zero-order valence-corrected chi connectivity index (χ0v) is 35.6. The lowest BCUT2D eigenvalue weighted by atomic mass is 9.67. The molecule has 0 unspecified atom stereocenters. The van der Waals surface area contributed by atoms with Crippen LogP contribution in [0, 0.1) is 0 Å². The second-order valence-corrected chi connectivity index (χ2v) is 16.5. The summed E-state index contributed by atoms with van der Waals surface area (Å²) >= 11 is 0. The molecule has 2 aliphatic carbocycles. The van der Waals surface area contributed by atoms with Crippen molar-refractivity contribution in [1.82, 2.24) is 0 Å². The van der Waals surface area contributed by atoms with Gasteiger partial charge in [-0.3, -0.25) is 0 Å². The third-order valence-electron chi connectivity index (χ3n) is 13.9. The van der Waals surface area contributed by atoms with E-state index in [1.165, 1.54) is 55.6 Å². The summed E-state index contributed by atoms with van der Waals surface area (Å²) in [7, 11) is 0. The highest BCUT2D eigenvalue weighted by molar-refractivity contribution is 6.05. The number of fused-ring (bicyclic) bond motifs is 4. The van der Waals surface area contributed by atoms with Crippen LogP contribution < -0.4 is 0 Å². The average molecular weight is 755 g/mol. The first-order chi connectivity index (χ1) is 28.6. The fourth-order valence-corrected chi connectivity index (χ4v) is 11.6. The summed E-state index contributed by atoms with van der Waals surface area (Å²) < 4.78 is 0. The first kappa shape index (κ1) is 38.1. The van der Waals surface area contributed by atoms with Crippen molar-refractivity contribution < 1.29 is 0 Å². The van der Waals surface area contributed by atoms with E-state index in [1.54, 1.807) is 66.8 Å². The highest BCUT2D eigenvalue weighted by Crippen LogP contribution is 2.54. The molecule has 2 aliphatic rings. The van der Waals surface area contributed by atoms with Crippen LogP contribution in [0.25, 0.3) is 44.5 Å². The molecule has 0 radical (unpaired) electrons. The molecule has 0 aliphatic heterocycles. The Bertz CT molecular complexity index is 2440. The second kappa shape index (κ2) is 16.1. The van der Waals surface area contributed by atoms with E-state index in [2.05, 4.69) is 163 Å². The second-order valence-electron chi connectivity index (χ2n) is 16.5. The first-order valence-corrected chi connectivity index (χ1v) is 22.3. The van der Waals surface area contributed by atoms with Crippen molar-refractivity contribution in [2.45, 2.75) is 106 Å². The van der Waals surface area contributed by atoms with E-state index in [0.29, 0.717) is 0 Å². The van der Waals surface area contributed by atoms with Crippen LogP contribution in [0.2, 0.25) is 0 Å². The highest BCUT2D eigenvalue weighted by atomic mass is 14.4. The lowest BCUT2D eigenvalue weighted by Gasteiger charge is -2.37. The molecular weight excluding hydrogens is 697 g/mol. The van der Waals surface area contributed by atoms with Gasteiger partial charge in [0.2, 0.25) is 0 Å². The Hall–Kier alpha value is -5.46. The normalized spacial score (nSPS) is 12.8. The Balaban J connectivity index is 1.39. The standard InChI is InChI=1S/C58H58/c1-7-41-42(8-2)44(10-4)48-34-50-46(12-6)52-36-54-53(35-51(52)45(11-5)49(50)33-47(48)43(41)9-3)55(37-25-17-13-18-26-37)57(39-29-21-15-22-30-39)58(40-31-23-16-24-32-40)56(54)38-27-19-14-20-28-38/h13-32H,7-12,33-36H2,1-6H3. The molecule has 9 rings (SSSR count). The van der Waals surface area contributed by atoms with E-state index < -0.39 is 0 Å². The van der Waals surface area contributed by atoms with E-state index in [0.717, 1.165) is 64.2 Å². The van der Waals surface area contributed by atoms with Crippen LogP contribution >= 0.6 is 0 Å². The van der Waals surface area contributed by atoms with E-state index in [1.807, 2.05) is 0 Å². The molecule has 0 heteroatoms. The molecule has 58 heavy (non-hydrogen) atoms. The van der Waals surface area contributed by atoms with E-state index in [-0.39, 0.29) is 0 Å². The zero-order chi connectivity index (χ0) is 39.9. The zero-order valence-electron chi connectivity index (χ0n) is 35.6. The molecule has 0 saturated carbocycles. The number of benzene rings is 7. The summed E-state index contributed by atoms with van der Waals surface area (Å²) in [5, 5.41) is 0. The van der Waals surface area contributed by atoms with Crippen molar-refractivity contribution >= 4 is 0 Å². The third-order valence-corrected chi connectivity index (χ3v) is 13.9. The summed E-state index contributed by atoms with van der Waals surface area (Å²) in [5.74, 6) is 0. The maximum Gasteiger partial charge on any atom is -0.00105 e. The van der Waals surface area contributed by atoms with Gasteiger partial charge in [-0.05, 0) is 187 Å². The van der Waals surface area contributed by atoms with Gasteiger partial charge in [0, 0.05) is 0 Å². The highest BCUT2D eigenvalue weighted by Gasteiger charge is 2.35. The minimum Gasteiger partial charge on any atom is -0.0622 e. The SMILES string of the molecule is CCc1c(CC)c(CC)c2c(c1CC)Cc1c(CC)c3c(c(CC)c1C2)Cc1c(c(-c2ccccc2)c(-c2ccccc2)c(-c2ccccc2)c1-c1ccccc1)C3. The third kappa shape index (κ3) is 6.10. The fraction of sp³-hybridized carbons (Fsp3) is 0.276. The monoisotopic (exact) mass is 754 g/mol. The summed E-state index contributed by atoms with van der Waals surface area (Å²) in [5.41, 5.74) is 33.4. The van der Waals surface area contributed by atoms with Gasteiger partial charge in [-0.15, -0.1) is 0 Å². The van der Waals surface area contributed by atoms with Crippen LogP contribution in [-0.2, 0) is 64.2 Å². The topological polar surface area (TPSA) is 0 Å². The van der Waals surface area contributed by atoms with Gasteiger partial charge >= 0.3 is 0 Å². The van der Waals surface area contributed by atoms with Crippen LogP contribution in [-0.4, -0.2) is 0 Å². The molecule has 0 nitrogen and oxygen atoms in total. The number of rotatable bonds is 10. The molecule has 7 aromatic carbocycles. The Labute approximate surface area is 348 Å². The molecule has 0 atom stereocenters. The van der Waals surface area contributed by atoms with E-state index >= 15 is 0 Å². The van der Waals surface area contributed by atoms with Crippen molar-refractivity contribution in [2.24, 2.45) is 0 Å². The Kier molecular flexibility index (Phi) is 10.5. The Morgan fingerprint density at radius 2 is 0.466 bits per heavy atom. The molecule has 0 fully saturated rings. The molecule has 290 valence electrons. The van der Waals surface area contributed by atoms with Crippen LogP contribution in [0.1, 0.15) is 119 Å². The fourth-order valence-electron chi connectivity index (χ4n) is 11.6. The van der Waals surface area contributed by atoms with E-state index in [9.17, 15) is 0 Å². The van der Waals surface area contributed by atoms with Crippen molar-refractivity contribution in [3.63, 3.8) is 0 Å².